The summed E-state index contributed by atoms with van der Waals surface area (Å²) in [6.45, 7) is 16.2. The molecular weight excluding hydrogens is 495 g/mol. The molecule has 2 nitrogen and oxygen atoms in total. The van der Waals surface area contributed by atoms with E-state index in [2.05, 4.69) is 142 Å². The fourth-order valence-electron chi connectivity index (χ4n) is 7.95. The van der Waals surface area contributed by atoms with Gasteiger partial charge in [-0.05, 0) is 85.0 Å². The van der Waals surface area contributed by atoms with Crippen molar-refractivity contribution in [3.63, 3.8) is 0 Å². The fourth-order valence-corrected chi connectivity index (χ4v) is 7.95. The van der Waals surface area contributed by atoms with E-state index in [9.17, 15) is 0 Å². The molecule has 5 aromatic carbocycles. The highest BCUT2D eigenvalue weighted by atomic mass is 15.0. The molecule has 0 N–H and O–H groups in total. The maximum absolute atomic E-state index is 2.71. The summed E-state index contributed by atoms with van der Waals surface area (Å²) in [7, 11) is 0. The van der Waals surface area contributed by atoms with Gasteiger partial charge in [0.25, 0.3) is 0 Å². The van der Waals surface area contributed by atoms with Gasteiger partial charge in [0.2, 0.25) is 0 Å². The van der Waals surface area contributed by atoms with E-state index in [1.807, 2.05) is 0 Å². The van der Waals surface area contributed by atoms with Crippen LogP contribution in [0.5, 0.6) is 0 Å². The molecule has 0 saturated heterocycles. The minimum Gasteiger partial charge on any atom is -0.375 e. The van der Waals surface area contributed by atoms with Gasteiger partial charge in [0, 0.05) is 38.3 Å². The summed E-state index contributed by atoms with van der Waals surface area (Å²) in [5, 5.41) is 5.37. The third kappa shape index (κ3) is 3.21. The summed E-state index contributed by atoms with van der Waals surface area (Å²) in [4.78, 5) is 0. The van der Waals surface area contributed by atoms with Gasteiger partial charge in [-0.15, -0.1) is 0 Å². The molecule has 41 heavy (non-hydrogen) atoms. The quantitative estimate of drug-likeness (QED) is 0.189. The maximum atomic E-state index is 2.71. The Bertz CT molecular complexity index is 2170. The summed E-state index contributed by atoms with van der Waals surface area (Å²) in [6.07, 6.45) is 0. The van der Waals surface area contributed by atoms with Gasteiger partial charge in [-0.1, -0.05) is 92.6 Å². The molecule has 0 unspecified atom stereocenters. The molecule has 3 heteroatoms. The van der Waals surface area contributed by atoms with Gasteiger partial charge < -0.3 is 9.05 Å². The average Bonchev–Trinajstić information content (AvgIpc) is 3.43. The molecule has 0 fully saturated rings. The zero-order valence-corrected chi connectivity index (χ0v) is 25.1. The Morgan fingerprint density at radius 1 is 0.585 bits per heavy atom. The fraction of sp³-hybridized carbons (Fsp3) is 0.211. The molecule has 1 aliphatic rings. The van der Waals surface area contributed by atoms with E-state index in [1.165, 1.54) is 88.0 Å². The standard InChI is InChI=1S/C38H35BN2/c1-22-18-24(3)35-28(20-22)29-21-23(2)19-25(4)36(29)41(35)39-31-13-9-11-15-33(31)40-32-14-10-8-12-26(32)27-16-17-30(38(5,6)7)34(39)37(27)40/h8-21H,1-7H3. The number of aryl methyl sites for hydroxylation is 4. The topological polar surface area (TPSA) is 9.86 Å². The Morgan fingerprint density at radius 3 is 1.85 bits per heavy atom. The van der Waals surface area contributed by atoms with E-state index in [0.717, 1.165) is 0 Å². The monoisotopic (exact) mass is 530 g/mol. The van der Waals surface area contributed by atoms with Crippen molar-refractivity contribution < 1.29 is 0 Å². The molecule has 0 saturated carbocycles. The second-order valence-electron chi connectivity index (χ2n) is 13.3. The Kier molecular flexibility index (Phi) is 4.89. The lowest BCUT2D eigenvalue weighted by Gasteiger charge is -2.33. The third-order valence-electron chi connectivity index (χ3n) is 9.35. The normalized spacial score (nSPS) is 13.2. The number of hydrogen-bond acceptors (Lipinski definition) is 0. The molecule has 2 aromatic heterocycles. The van der Waals surface area contributed by atoms with Crippen molar-refractivity contribution in [3.8, 4) is 5.69 Å². The molecule has 0 atom stereocenters. The van der Waals surface area contributed by atoms with Gasteiger partial charge in [0.1, 0.15) is 0 Å². The highest BCUT2D eigenvalue weighted by molar-refractivity contribution is 6.88. The zero-order valence-electron chi connectivity index (χ0n) is 25.1. The largest absolute Gasteiger partial charge is 0.375 e. The van der Waals surface area contributed by atoms with Crippen LogP contribution in [0.4, 0.5) is 0 Å². The minimum atomic E-state index is -0.0225. The van der Waals surface area contributed by atoms with Crippen molar-refractivity contribution in [3.05, 3.63) is 113 Å². The predicted octanol–water partition coefficient (Wildman–Crippen LogP) is 8.39. The summed E-state index contributed by atoms with van der Waals surface area (Å²) in [6, 6.07) is 32.3. The SMILES string of the molecule is Cc1cc(C)c2c(c1)c1cc(C)cc(C)c1n2B1c2ccccc2-n2c3ccccc3c3ccc(C(C)(C)C)c1c32. The maximum Gasteiger partial charge on any atom is 0.332 e. The van der Waals surface area contributed by atoms with Crippen LogP contribution in [0, 0.1) is 27.7 Å². The van der Waals surface area contributed by atoms with Crippen LogP contribution < -0.4 is 10.9 Å². The first-order valence-electron chi connectivity index (χ1n) is 14.8. The van der Waals surface area contributed by atoms with Crippen LogP contribution >= 0.6 is 0 Å². The molecule has 200 valence electrons. The zero-order chi connectivity index (χ0) is 28.4. The molecule has 0 radical (unpaired) electrons. The Balaban J connectivity index is 1.67. The van der Waals surface area contributed by atoms with Crippen LogP contribution in [0.3, 0.4) is 0 Å². The molecule has 0 amide bonds. The van der Waals surface area contributed by atoms with E-state index < -0.39 is 0 Å². The van der Waals surface area contributed by atoms with Crippen LogP contribution in [0.25, 0.3) is 49.3 Å². The Morgan fingerprint density at radius 2 is 1.20 bits per heavy atom. The number of rotatable bonds is 1. The van der Waals surface area contributed by atoms with E-state index in [0.29, 0.717) is 0 Å². The lowest BCUT2D eigenvalue weighted by Crippen LogP contribution is -2.55. The van der Waals surface area contributed by atoms with Gasteiger partial charge in [-0.2, -0.15) is 0 Å². The first-order valence-corrected chi connectivity index (χ1v) is 14.8. The van der Waals surface area contributed by atoms with E-state index in [4.69, 9.17) is 0 Å². The van der Waals surface area contributed by atoms with E-state index in [1.54, 1.807) is 0 Å². The van der Waals surface area contributed by atoms with Gasteiger partial charge >= 0.3 is 6.85 Å². The van der Waals surface area contributed by atoms with Crippen LogP contribution in [-0.4, -0.2) is 15.9 Å². The van der Waals surface area contributed by atoms with Crippen molar-refractivity contribution in [2.45, 2.75) is 53.9 Å². The molecule has 0 bridgehead atoms. The molecule has 1 aliphatic heterocycles. The first kappa shape index (κ1) is 24.6. The number of para-hydroxylation sites is 2. The Labute approximate surface area is 242 Å². The van der Waals surface area contributed by atoms with Crippen LogP contribution in [-0.2, 0) is 5.41 Å². The van der Waals surface area contributed by atoms with Gasteiger partial charge in [-0.3, -0.25) is 0 Å². The smallest absolute Gasteiger partial charge is 0.332 e. The van der Waals surface area contributed by atoms with Gasteiger partial charge in [0.05, 0.1) is 11.0 Å². The second-order valence-corrected chi connectivity index (χ2v) is 13.3. The Hall–Kier alpha value is -4.24. The number of nitrogens with zero attached hydrogens (tertiary/aromatic N) is 2. The molecular formula is C38H35BN2. The first-order chi connectivity index (χ1) is 19.6. The number of aromatic nitrogens is 2. The van der Waals surface area contributed by atoms with Crippen LogP contribution in [0.1, 0.15) is 48.6 Å². The van der Waals surface area contributed by atoms with E-state index in [-0.39, 0.29) is 12.3 Å². The summed E-state index contributed by atoms with van der Waals surface area (Å²) in [5.41, 5.74) is 16.1. The highest BCUT2D eigenvalue weighted by Gasteiger charge is 2.40. The van der Waals surface area contributed by atoms with Crippen molar-refractivity contribution in [2.75, 3.05) is 0 Å². The lowest BCUT2D eigenvalue weighted by atomic mass is 9.46. The summed E-state index contributed by atoms with van der Waals surface area (Å²) < 4.78 is 5.25. The number of hydrogen-bond donors (Lipinski definition) is 0. The van der Waals surface area contributed by atoms with Crippen molar-refractivity contribution >= 4 is 61.4 Å². The third-order valence-corrected chi connectivity index (χ3v) is 9.35. The predicted molar refractivity (Wildman–Crippen MR) is 178 cm³/mol. The second kappa shape index (κ2) is 8.16. The van der Waals surface area contributed by atoms with Crippen molar-refractivity contribution in [1.82, 2.24) is 9.05 Å². The number of fused-ring (bicyclic) bond motifs is 8. The van der Waals surface area contributed by atoms with Crippen LogP contribution in [0.2, 0.25) is 0 Å². The highest BCUT2D eigenvalue weighted by Crippen LogP contribution is 2.40. The van der Waals surface area contributed by atoms with Gasteiger partial charge in [-0.25, -0.2) is 0 Å². The summed E-state index contributed by atoms with van der Waals surface area (Å²) in [5.74, 6) is 0. The molecule has 0 aliphatic carbocycles. The molecule has 7 aromatic rings. The van der Waals surface area contributed by atoms with E-state index >= 15 is 0 Å². The summed E-state index contributed by atoms with van der Waals surface area (Å²) >= 11 is 0. The van der Waals surface area contributed by atoms with Gasteiger partial charge in [0.15, 0.2) is 0 Å². The molecule has 0 spiro atoms. The molecule has 3 heterocycles. The van der Waals surface area contributed by atoms with Crippen molar-refractivity contribution in [2.24, 2.45) is 0 Å². The average molecular weight is 531 g/mol. The van der Waals surface area contributed by atoms with Crippen molar-refractivity contribution in [1.29, 1.82) is 0 Å². The number of benzene rings is 5. The molecule has 8 rings (SSSR count). The van der Waals surface area contributed by atoms with Crippen LogP contribution in [0.15, 0.2) is 84.9 Å². The minimum absolute atomic E-state index is 0.0225. The lowest BCUT2D eigenvalue weighted by molar-refractivity contribution is 0.594.